The summed E-state index contributed by atoms with van der Waals surface area (Å²) in [6, 6.07) is 17.4. The van der Waals surface area contributed by atoms with Crippen LogP contribution in [0.3, 0.4) is 0 Å². The molecule has 3 aromatic rings. The highest BCUT2D eigenvalue weighted by atomic mass is 32.2. The van der Waals surface area contributed by atoms with Crippen LogP contribution in [0.4, 0.5) is 5.69 Å². The second-order valence-corrected chi connectivity index (χ2v) is 10.0. The molecule has 0 aliphatic carbocycles. The average molecular weight is 454 g/mol. The molecule has 0 amide bonds. The van der Waals surface area contributed by atoms with Crippen LogP contribution in [0.1, 0.15) is 18.1 Å². The molecular formula is C23H27N5O3S. The van der Waals surface area contributed by atoms with Crippen molar-refractivity contribution in [2.45, 2.75) is 13.5 Å². The van der Waals surface area contributed by atoms with E-state index in [9.17, 15) is 13.2 Å². The molecule has 9 heteroatoms. The minimum atomic E-state index is -3.11. The number of hydrogen-bond donors (Lipinski definition) is 2. The third-order valence-corrected chi connectivity index (χ3v) is 6.96. The highest BCUT2D eigenvalue weighted by molar-refractivity contribution is 7.88. The Balaban J connectivity index is 1.37. The maximum atomic E-state index is 12.4. The van der Waals surface area contributed by atoms with Gasteiger partial charge in [-0.25, -0.2) is 8.42 Å². The van der Waals surface area contributed by atoms with E-state index in [1.807, 2.05) is 54.6 Å². The van der Waals surface area contributed by atoms with Crippen LogP contribution < -0.4 is 11.0 Å². The summed E-state index contributed by atoms with van der Waals surface area (Å²) >= 11 is 0. The standard InChI is InChI=1S/C23H27N5O3S/c1-17(21-15-19-5-3-4-6-22(19)24-23(21)29)25-26-20-9-7-18(8-10-20)16-27-11-13-28(14-12-27)32(2,30)31/h3-10,15,26H,11-14,16H2,1-2H3,(H,24,29)/b25-17+. The fourth-order valence-corrected chi connectivity index (χ4v) is 4.61. The molecule has 0 spiro atoms. The van der Waals surface area contributed by atoms with E-state index in [1.165, 1.54) is 10.6 Å². The van der Waals surface area contributed by atoms with Crippen LogP contribution in [-0.4, -0.2) is 60.8 Å². The molecule has 0 atom stereocenters. The van der Waals surface area contributed by atoms with Crippen molar-refractivity contribution in [2.24, 2.45) is 5.10 Å². The van der Waals surface area contributed by atoms with Gasteiger partial charge in [-0.15, -0.1) is 0 Å². The summed E-state index contributed by atoms with van der Waals surface area (Å²) < 4.78 is 24.8. The number of pyridine rings is 1. The number of fused-ring (bicyclic) bond motifs is 1. The van der Waals surface area contributed by atoms with Gasteiger partial charge in [0.25, 0.3) is 5.56 Å². The first kappa shape index (κ1) is 22.2. The largest absolute Gasteiger partial charge is 0.321 e. The van der Waals surface area contributed by atoms with E-state index >= 15 is 0 Å². The summed E-state index contributed by atoms with van der Waals surface area (Å²) in [6.45, 7) is 5.07. The maximum absolute atomic E-state index is 12.4. The number of aromatic nitrogens is 1. The number of anilines is 1. The first-order valence-corrected chi connectivity index (χ1v) is 12.3. The molecule has 1 fully saturated rings. The number of benzene rings is 2. The predicted molar refractivity (Wildman–Crippen MR) is 129 cm³/mol. The van der Waals surface area contributed by atoms with Gasteiger partial charge in [0.15, 0.2) is 0 Å². The van der Waals surface area contributed by atoms with Gasteiger partial charge in [-0.2, -0.15) is 9.41 Å². The summed E-state index contributed by atoms with van der Waals surface area (Å²) in [5.74, 6) is 0. The van der Waals surface area contributed by atoms with Crippen LogP contribution in [-0.2, 0) is 16.6 Å². The van der Waals surface area contributed by atoms with E-state index in [4.69, 9.17) is 0 Å². The molecule has 1 aliphatic heterocycles. The zero-order valence-corrected chi connectivity index (χ0v) is 19.0. The topological polar surface area (TPSA) is 97.9 Å². The number of hydrogen-bond acceptors (Lipinski definition) is 6. The monoisotopic (exact) mass is 453 g/mol. The number of aromatic amines is 1. The van der Waals surface area contributed by atoms with E-state index in [0.717, 1.165) is 41.8 Å². The predicted octanol–water partition coefficient (Wildman–Crippen LogP) is 2.44. The fourth-order valence-electron chi connectivity index (χ4n) is 3.79. The number of H-pyrrole nitrogens is 1. The normalized spacial score (nSPS) is 16.4. The highest BCUT2D eigenvalue weighted by Gasteiger charge is 2.23. The van der Waals surface area contributed by atoms with Crippen molar-refractivity contribution >= 4 is 32.3 Å². The summed E-state index contributed by atoms with van der Waals surface area (Å²) in [4.78, 5) is 17.5. The van der Waals surface area contributed by atoms with Crippen molar-refractivity contribution in [1.82, 2.24) is 14.2 Å². The van der Waals surface area contributed by atoms with E-state index in [2.05, 4.69) is 20.4 Å². The zero-order chi connectivity index (χ0) is 22.7. The molecule has 4 rings (SSSR count). The molecule has 0 radical (unpaired) electrons. The molecule has 0 unspecified atom stereocenters. The molecule has 8 nitrogen and oxygen atoms in total. The van der Waals surface area contributed by atoms with Gasteiger partial charge >= 0.3 is 0 Å². The molecule has 168 valence electrons. The fraction of sp³-hybridized carbons (Fsp3) is 0.304. The minimum Gasteiger partial charge on any atom is -0.321 e. The Morgan fingerprint density at radius 3 is 2.44 bits per heavy atom. The SMILES string of the molecule is C/C(=N\Nc1ccc(CN2CCN(S(C)(=O)=O)CC2)cc1)c1cc2ccccc2[nH]c1=O. The molecular weight excluding hydrogens is 426 g/mol. The molecule has 1 aromatic heterocycles. The Kier molecular flexibility index (Phi) is 6.40. The number of nitrogens with one attached hydrogen (secondary N) is 2. The third kappa shape index (κ3) is 5.24. The van der Waals surface area contributed by atoms with Gasteiger partial charge in [0.1, 0.15) is 0 Å². The zero-order valence-electron chi connectivity index (χ0n) is 18.2. The Bertz CT molecular complexity index is 1290. The van der Waals surface area contributed by atoms with Crippen LogP contribution in [0.15, 0.2) is 64.5 Å². The van der Waals surface area contributed by atoms with Crippen molar-refractivity contribution in [3.05, 3.63) is 76.1 Å². The lowest BCUT2D eigenvalue weighted by atomic mass is 10.1. The van der Waals surface area contributed by atoms with Gasteiger partial charge in [0, 0.05) is 38.2 Å². The number of para-hydroxylation sites is 1. The Labute approximate surface area is 187 Å². The van der Waals surface area contributed by atoms with Crippen LogP contribution >= 0.6 is 0 Å². The van der Waals surface area contributed by atoms with Crippen LogP contribution in [0.25, 0.3) is 10.9 Å². The number of piperazine rings is 1. The lowest BCUT2D eigenvalue weighted by Gasteiger charge is -2.33. The summed E-state index contributed by atoms with van der Waals surface area (Å²) in [7, 11) is -3.11. The minimum absolute atomic E-state index is 0.168. The molecule has 0 bridgehead atoms. The van der Waals surface area contributed by atoms with Gasteiger partial charge in [-0.05, 0) is 42.1 Å². The van der Waals surface area contributed by atoms with E-state index in [1.54, 1.807) is 6.92 Å². The quantitative estimate of drug-likeness (QED) is 0.441. The van der Waals surface area contributed by atoms with E-state index in [-0.39, 0.29) is 5.56 Å². The summed E-state index contributed by atoms with van der Waals surface area (Å²) in [6.07, 6.45) is 1.26. The molecule has 1 aliphatic rings. The maximum Gasteiger partial charge on any atom is 0.257 e. The highest BCUT2D eigenvalue weighted by Crippen LogP contribution is 2.15. The second kappa shape index (κ2) is 9.23. The number of nitrogens with zero attached hydrogens (tertiary/aromatic N) is 3. The molecule has 32 heavy (non-hydrogen) atoms. The van der Waals surface area contributed by atoms with Gasteiger partial charge < -0.3 is 4.98 Å². The molecule has 2 aromatic carbocycles. The van der Waals surface area contributed by atoms with Crippen LogP contribution in [0, 0.1) is 0 Å². The van der Waals surface area contributed by atoms with Gasteiger partial charge in [-0.3, -0.25) is 15.1 Å². The number of sulfonamides is 1. The number of hydrazone groups is 1. The third-order valence-electron chi connectivity index (χ3n) is 5.66. The molecule has 2 N–H and O–H groups in total. The first-order chi connectivity index (χ1) is 15.3. The van der Waals surface area contributed by atoms with Crippen molar-refractivity contribution in [3.63, 3.8) is 0 Å². The smallest absolute Gasteiger partial charge is 0.257 e. The van der Waals surface area contributed by atoms with E-state index in [0.29, 0.717) is 24.4 Å². The Hall–Kier alpha value is -3.01. The first-order valence-electron chi connectivity index (χ1n) is 10.5. The summed E-state index contributed by atoms with van der Waals surface area (Å²) in [5, 5.41) is 5.34. The second-order valence-electron chi connectivity index (χ2n) is 8.04. The van der Waals surface area contributed by atoms with Crippen molar-refractivity contribution in [3.8, 4) is 0 Å². The molecule has 0 saturated carbocycles. The van der Waals surface area contributed by atoms with Crippen molar-refractivity contribution in [1.29, 1.82) is 0 Å². The lowest BCUT2D eigenvalue weighted by Crippen LogP contribution is -2.47. The van der Waals surface area contributed by atoms with Gasteiger partial charge in [-0.1, -0.05) is 30.3 Å². The Morgan fingerprint density at radius 2 is 1.75 bits per heavy atom. The van der Waals surface area contributed by atoms with Gasteiger partial charge in [0.2, 0.25) is 10.0 Å². The summed E-state index contributed by atoms with van der Waals surface area (Å²) in [5.41, 5.74) is 6.76. The molecule has 1 saturated heterocycles. The van der Waals surface area contributed by atoms with Crippen LogP contribution in [0.5, 0.6) is 0 Å². The van der Waals surface area contributed by atoms with Crippen LogP contribution in [0.2, 0.25) is 0 Å². The van der Waals surface area contributed by atoms with Crippen molar-refractivity contribution < 1.29 is 8.42 Å². The lowest BCUT2D eigenvalue weighted by molar-refractivity contribution is 0.182. The van der Waals surface area contributed by atoms with E-state index < -0.39 is 10.0 Å². The Morgan fingerprint density at radius 1 is 1.06 bits per heavy atom. The number of rotatable bonds is 6. The van der Waals surface area contributed by atoms with Crippen molar-refractivity contribution in [2.75, 3.05) is 37.9 Å². The molecule has 2 heterocycles. The van der Waals surface area contributed by atoms with Gasteiger partial charge in [0.05, 0.1) is 23.2 Å². The average Bonchev–Trinajstić information content (AvgIpc) is 2.77.